The fraction of sp³-hybridized carbons (Fsp3) is 0.800. The number of aliphatic hydroxyl groups is 1. The third kappa shape index (κ3) is 3.80. The summed E-state index contributed by atoms with van der Waals surface area (Å²) in [4.78, 5) is 2.18. The van der Waals surface area contributed by atoms with Crippen LogP contribution in [0.4, 0.5) is 0 Å². The van der Waals surface area contributed by atoms with Gasteiger partial charge in [0.1, 0.15) is 13.2 Å². The van der Waals surface area contributed by atoms with Gasteiger partial charge in [0, 0.05) is 31.8 Å². The van der Waals surface area contributed by atoms with Crippen molar-refractivity contribution in [1.82, 2.24) is 4.90 Å². The van der Waals surface area contributed by atoms with Crippen molar-refractivity contribution in [2.45, 2.75) is 26.7 Å². The highest BCUT2D eigenvalue weighted by atomic mass is 16.5. The average Bonchev–Trinajstić information content (AvgIpc) is 2.38. The van der Waals surface area contributed by atoms with Crippen molar-refractivity contribution in [2.75, 3.05) is 46.5 Å². The number of nitrogens with zero attached hydrogens (tertiary/aromatic N) is 2. The van der Waals surface area contributed by atoms with Gasteiger partial charge in [-0.25, -0.2) is 4.58 Å². The first kappa shape index (κ1) is 14.5. The predicted molar refractivity (Wildman–Crippen MR) is 76.6 cm³/mol. The van der Waals surface area contributed by atoms with Gasteiger partial charge in [-0.2, -0.15) is 0 Å². The molecular weight excluding hydrogens is 240 g/mol. The minimum Gasteiger partial charge on any atom is -0.395 e. The van der Waals surface area contributed by atoms with Crippen LogP contribution in [0.2, 0.25) is 0 Å². The molecule has 0 unspecified atom stereocenters. The molecular formula is C15H27N2O2+. The molecule has 1 heterocycles. The number of allylic oxidation sites excluding steroid dienone is 2. The van der Waals surface area contributed by atoms with Gasteiger partial charge in [0.05, 0.1) is 6.61 Å². The molecule has 0 atom stereocenters. The second-order valence-electron chi connectivity index (χ2n) is 6.39. The molecule has 0 saturated carbocycles. The molecule has 0 radical (unpaired) electrons. The zero-order chi connectivity index (χ0) is 13.9. The molecule has 1 saturated heterocycles. The molecule has 1 aliphatic heterocycles. The molecule has 0 aromatic heterocycles. The lowest BCUT2D eigenvalue weighted by molar-refractivity contribution is -0.550. The Hall–Kier alpha value is -0.870. The van der Waals surface area contributed by atoms with Crippen LogP contribution in [-0.4, -0.2) is 66.8 Å². The summed E-state index contributed by atoms with van der Waals surface area (Å²) in [5.41, 5.74) is 3.06. The number of likely N-dealkylation sites (N-methyl/N-ethyl adjacent to an activating group) is 1. The van der Waals surface area contributed by atoms with Crippen molar-refractivity contribution >= 4 is 5.71 Å². The molecule has 0 spiro atoms. The number of aliphatic hydroxyl groups excluding tert-OH is 1. The highest BCUT2D eigenvalue weighted by Gasteiger charge is 2.32. The number of rotatable bonds is 3. The van der Waals surface area contributed by atoms with Gasteiger partial charge in [-0.05, 0) is 11.8 Å². The van der Waals surface area contributed by atoms with E-state index in [2.05, 4.69) is 36.4 Å². The summed E-state index contributed by atoms with van der Waals surface area (Å²) in [6.07, 6.45) is 4.53. The summed E-state index contributed by atoms with van der Waals surface area (Å²) >= 11 is 0. The Labute approximate surface area is 116 Å². The Balaban J connectivity index is 2.24. The lowest BCUT2D eigenvalue weighted by atomic mass is 9.78. The average molecular weight is 267 g/mol. The minimum atomic E-state index is 0.209. The van der Waals surface area contributed by atoms with Gasteiger partial charge in [0.25, 0.3) is 0 Å². The summed E-state index contributed by atoms with van der Waals surface area (Å²) in [6, 6.07) is 0. The van der Waals surface area contributed by atoms with Gasteiger partial charge in [0.15, 0.2) is 18.8 Å². The number of hydrogen-bond donors (Lipinski definition) is 1. The second-order valence-corrected chi connectivity index (χ2v) is 6.39. The van der Waals surface area contributed by atoms with Crippen molar-refractivity contribution < 1.29 is 14.4 Å². The topological polar surface area (TPSA) is 35.7 Å². The van der Waals surface area contributed by atoms with Gasteiger partial charge >= 0.3 is 0 Å². The van der Waals surface area contributed by atoms with E-state index in [1.165, 1.54) is 11.4 Å². The fourth-order valence-electron chi connectivity index (χ4n) is 2.93. The summed E-state index contributed by atoms with van der Waals surface area (Å²) in [7, 11) is 2.07. The van der Waals surface area contributed by atoms with Crippen LogP contribution in [0.3, 0.4) is 0 Å². The molecule has 1 fully saturated rings. The van der Waals surface area contributed by atoms with Gasteiger partial charge in [-0.1, -0.05) is 13.8 Å². The number of hydrogen-bond acceptors (Lipinski definition) is 3. The van der Waals surface area contributed by atoms with Gasteiger partial charge in [-0.3, -0.25) is 0 Å². The van der Waals surface area contributed by atoms with Gasteiger partial charge < -0.3 is 14.7 Å². The monoisotopic (exact) mass is 267 g/mol. The summed E-state index contributed by atoms with van der Waals surface area (Å²) in [5, 5.41) is 9.11. The zero-order valence-electron chi connectivity index (χ0n) is 12.5. The van der Waals surface area contributed by atoms with Crippen molar-refractivity contribution in [1.29, 1.82) is 0 Å². The molecule has 0 aromatic rings. The van der Waals surface area contributed by atoms with Crippen LogP contribution in [0.25, 0.3) is 0 Å². The first-order valence-electron chi connectivity index (χ1n) is 7.23. The van der Waals surface area contributed by atoms with Crippen molar-refractivity contribution in [3.05, 3.63) is 11.8 Å². The molecule has 0 aromatic carbocycles. The third-order valence-corrected chi connectivity index (χ3v) is 4.00. The molecule has 0 bridgehead atoms. The smallest absolute Gasteiger partial charge is 0.178 e. The predicted octanol–water partition coefficient (Wildman–Crippen LogP) is 1.10. The lowest BCUT2D eigenvalue weighted by Crippen LogP contribution is -2.38. The van der Waals surface area contributed by atoms with Crippen LogP contribution in [0.5, 0.6) is 0 Å². The quantitative estimate of drug-likeness (QED) is 0.778. The van der Waals surface area contributed by atoms with Crippen LogP contribution in [-0.2, 0) is 4.74 Å². The maximum atomic E-state index is 9.11. The highest BCUT2D eigenvalue weighted by Crippen LogP contribution is 2.35. The zero-order valence-corrected chi connectivity index (χ0v) is 12.5. The maximum Gasteiger partial charge on any atom is 0.178 e. The van der Waals surface area contributed by atoms with Crippen LogP contribution >= 0.6 is 0 Å². The summed E-state index contributed by atoms with van der Waals surface area (Å²) < 4.78 is 7.89. The molecule has 4 heteroatoms. The first-order chi connectivity index (χ1) is 9.02. The molecule has 2 rings (SSSR count). The molecule has 1 N–H and O–H groups in total. The van der Waals surface area contributed by atoms with Crippen LogP contribution in [0.15, 0.2) is 11.8 Å². The Bertz CT molecular complexity index is 378. The first-order valence-corrected chi connectivity index (χ1v) is 7.23. The van der Waals surface area contributed by atoms with Gasteiger partial charge in [-0.15, -0.1) is 0 Å². The van der Waals surface area contributed by atoms with E-state index in [4.69, 9.17) is 9.84 Å². The van der Waals surface area contributed by atoms with Crippen molar-refractivity contribution in [2.24, 2.45) is 5.41 Å². The van der Waals surface area contributed by atoms with E-state index in [0.717, 1.165) is 39.1 Å². The molecule has 0 amide bonds. The minimum absolute atomic E-state index is 0.209. The molecule has 2 aliphatic rings. The number of ether oxygens (including phenoxy) is 1. The van der Waals surface area contributed by atoms with E-state index in [1.807, 2.05) is 0 Å². The standard InChI is InChI=1S/C15H27N2O2/c1-15(2)11-13(16(3)4-7-18)10-14(12-15)17-5-8-19-9-6-17/h10,18H,4-9,11-12H2,1-3H3/q+1. The molecule has 19 heavy (non-hydrogen) atoms. The highest BCUT2D eigenvalue weighted by molar-refractivity contribution is 5.92. The molecule has 1 aliphatic carbocycles. The Morgan fingerprint density at radius 3 is 2.63 bits per heavy atom. The van der Waals surface area contributed by atoms with Crippen molar-refractivity contribution in [3.8, 4) is 0 Å². The summed E-state index contributed by atoms with van der Waals surface area (Å²) in [5.74, 6) is 0. The van der Waals surface area contributed by atoms with E-state index in [-0.39, 0.29) is 6.61 Å². The third-order valence-electron chi connectivity index (χ3n) is 4.00. The Morgan fingerprint density at radius 2 is 2.00 bits per heavy atom. The maximum absolute atomic E-state index is 9.11. The van der Waals surface area contributed by atoms with E-state index < -0.39 is 0 Å². The molecule has 108 valence electrons. The van der Waals surface area contributed by atoms with E-state index in [0.29, 0.717) is 12.0 Å². The lowest BCUT2D eigenvalue weighted by Gasteiger charge is -2.34. The second kappa shape index (κ2) is 6.06. The van der Waals surface area contributed by atoms with E-state index >= 15 is 0 Å². The molecule has 4 nitrogen and oxygen atoms in total. The van der Waals surface area contributed by atoms with E-state index in [9.17, 15) is 0 Å². The normalized spacial score (nSPS) is 23.3. The SMILES string of the molecule is CN(CCO)C1=CC(=[N+]2CCOCC2)CC(C)(C)C1. The van der Waals surface area contributed by atoms with Gasteiger partial charge in [0.2, 0.25) is 0 Å². The van der Waals surface area contributed by atoms with Crippen LogP contribution in [0, 0.1) is 5.41 Å². The largest absolute Gasteiger partial charge is 0.395 e. The van der Waals surface area contributed by atoms with Crippen molar-refractivity contribution in [3.63, 3.8) is 0 Å². The van der Waals surface area contributed by atoms with Crippen LogP contribution in [0.1, 0.15) is 26.7 Å². The Kier molecular flexibility index (Phi) is 4.63. The van der Waals surface area contributed by atoms with E-state index in [1.54, 1.807) is 0 Å². The number of morpholine rings is 1. The Morgan fingerprint density at radius 1 is 1.32 bits per heavy atom. The fourth-order valence-corrected chi connectivity index (χ4v) is 2.93. The van der Waals surface area contributed by atoms with Crippen LogP contribution < -0.4 is 0 Å². The summed E-state index contributed by atoms with van der Waals surface area (Å²) in [6.45, 7) is 9.23.